The summed E-state index contributed by atoms with van der Waals surface area (Å²) in [5, 5.41) is 0. The van der Waals surface area contributed by atoms with Crippen molar-refractivity contribution in [3.63, 3.8) is 0 Å². The number of hydrogen-bond acceptors (Lipinski definition) is 2. The van der Waals surface area contributed by atoms with Gasteiger partial charge in [0.25, 0.3) is 0 Å². The first-order valence-electron chi connectivity index (χ1n) is 2.93. The van der Waals surface area contributed by atoms with Crippen LogP contribution in [0.5, 0.6) is 0 Å². The SMILES string of the molecule is NCCCC=CC(N)=O. The molecule has 1 amide bonds. The maximum atomic E-state index is 10.1. The second kappa shape index (κ2) is 5.31. The Bertz CT molecular complexity index is 110. The molecule has 0 aromatic heterocycles. The number of carbonyl (C=O) groups is 1. The van der Waals surface area contributed by atoms with Gasteiger partial charge in [0, 0.05) is 0 Å². The van der Waals surface area contributed by atoms with Crippen LogP contribution < -0.4 is 11.5 Å². The molecule has 0 aliphatic heterocycles. The average Bonchev–Trinajstić information content (AvgIpc) is 1.80. The van der Waals surface area contributed by atoms with E-state index in [1.807, 2.05) is 0 Å². The van der Waals surface area contributed by atoms with Crippen LogP contribution in [0.1, 0.15) is 12.8 Å². The summed E-state index contributed by atoms with van der Waals surface area (Å²) in [5.74, 6) is -0.396. The summed E-state index contributed by atoms with van der Waals surface area (Å²) in [6.07, 6.45) is 4.83. The Balaban J connectivity index is 3.15. The van der Waals surface area contributed by atoms with Crippen LogP contribution in [-0.4, -0.2) is 12.5 Å². The topological polar surface area (TPSA) is 69.1 Å². The molecule has 0 spiro atoms. The Morgan fingerprint density at radius 3 is 2.67 bits per heavy atom. The van der Waals surface area contributed by atoms with Gasteiger partial charge in [0.2, 0.25) is 5.91 Å². The largest absolute Gasteiger partial charge is 0.366 e. The number of primary amides is 1. The quantitative estimate of drug-likeness (QED) is 0.405. The predicted molar refractivity (Wildman–Crippen MR) is 36.6 cm³/mol. The van der Waals surface area contributed by atoms with Crippen LogP contribution in [0, 0.1) is 0 Å². The fourth-order valence-electron chi connectivity index (χ4n) is 0.435. The third kappa shape index (κ3) is 7.17. The second-order valence-corrected chi connectivity index (χ2v) is 1.74. The summed E-state index contributed by atoms with van der Waals surface area (Å²) in [4.78, 5) is 10.1. The summed E-state index contributed by atoms with van der Waals surface area (Å²) in [7, 11) is 0. The van der Waals surface area contributed by atoms with Crippen molar-refractivity contribution in [1.82, 2.24) is 0 Å². The normalized spacial score (nSPS) is 10.3. The molecule has 0 heterocycles. The molecule has 4 N–H and O–H groups in total. The zero-order valence-electron chi connectivity index (χ0n) is 5.34. The van der Waals surface area contributed by atoms with Gasteiger partial charge >= 0.3 is 0 Å². The van der Waals surface area contributed by atoms with Crippen molar-refractivity contribution >= 4 is 5.91 Å². The fourth-order valence-corrected chi connectivity index (χ4v) is 0.435. The van der Waals surface area contributed by atoms with Gasteiger partial charge in [0.15, 0.2) is 0 Å². The third-order valence-corrected chi connectivity index (χ3v) is 0.857. The maximum Gasteiger partial charge on any atom is 0.241 e. The molecule has 0 saturated heterocycles. The van der Waals surface area contributed by atoms with Crippen molar-refractivity contribution in [3.05, 3.63) is 12.2 Å². The van der Waals surface area contributed by atoms with Gasteiger partial charge in [-0.25, -0.2) is 0 Å². The minimum Gasteiger partial charge on any atom is -0.366 e. The lowest BCUT2D eigenvalue weighted by atomic mass is 10.3. The third-order valence-electron chi connectivity index (χ3n) is 0.857. The van der Waals surface area contributed by atoms with Gasteiger partial charge in [0.1, 0.15) is 0 Å². The van der Waals surface area contributed by atoms with Gasteiger partial charge in [-0.05, 0) is 25.5 Å². The van der Waals surface area contributed by atoms with Crippen molar-refractivity contribution in [2.75, 3.05) is 6.54 Å². The van der Waals surface area contributed by atoms with Gasteiger partial charge in [-0.1, -0.05) is 6.08 Å². The highest BCUT2D eigenvalue weighted by molar-refractivity contribution is 5.85. The van der Waals surface area contributed by atoms with E-state index in [1.165, 1.54) is 6.08 Å². The first-order chi connectivity index (χ1) is 4.27. The molecule has 0 fully saturated rings. The number of amides is 1. The van der Waals surface area contributed by atoms with Gasteiger partial charge in [0.05, 0.1) is 0 Å². The number of allylic oxidation sites excluding steroid dienone is 1. The molecule has 0 saturated carbocycles. The lowest BCUT2D eigenvalue weighted by molar-refractivity contribution is -0.113. The van der Waals surface area contributed by atoms with Gasteiger partial charge in [-0.3, -0.25) is 4.79 Å². The van der Waals surface area contributed by atoms with E-state index in [0.29, 0.717) is 6.54 Å². The number of rotatable bonds is 4. The number of hydrogen-bond donors (Lipinski definition) is 2. The van der Waals surface area contributed by atoms with Crippen LogP contribution in [0.3, 0.4) is 0 Å². The Morgan fingerprint density at radius 2 is 2.22 bits per heavy atom. The van der Waals surface area contributed by atoms with Crippen LogP contribution in [0.2, 0.25) is 0 Å². The molecule has 3 nitrogen and oxygen atoms in total. The molecular formula is C6H12N2O. The minimum atomic E-state index is -0.396. The van der Waals surface area contributed by atoms with Crippen molar-refractivity contribution in [1.29, 1.82) is 0 Å². The molecule has 9 heavy (non-hydrogen) atoms. The maximum absolute atomic E-state index is 10.1. The van der Waals surface area contributed by atoms with Crippen molar-refractivity contribution in [2.24, 2.45) is 11.5 Å². The van der Waals surface area contributed by atoms with E-state index in [4.69, 9.17) is 11.5 Å². The summed E-state index contributed by atoms with van der Waals surface area (Å²) in [6, 6.07) is 0. The molecule has 0 aromatic carbocycles. The van der Waals surface area contributed by atoms with Gasteiger partial charge < -0.3 is 11.5 Å². The number of unbranched alkanes of at least 4 members (excludes halogenated alkanes) is 1. The van der Waals surface area contributed by atoms with Crippen molar-refractivity contribution in [3.8, 4) is 0 Å². The molecular weight excluding hydrogens is 116 g/mol. The highest BCUT2D eigenvalue weighted by Gasteiger charge is 1.81. The molecule has 0 radical (unpaired) electrons. The molecule has 0 aliphatic carbocycles. The Hall–Kier alpha value is -0.830. The summed E-state index contributed by atoms with van der Waals surface area (Å²) in [6.45, 7) is 0.656. The standard InChI is InChI=1S/C6H12N2O/c7-5-3-1-2-4-6(8)9/h2,4H,1,3,5,7H2,(H2,8,9). The molecule has 0 bridgehead atoms. The lowest BCUT2D eigenvalue weighted by Gasteiger charge is -1.85. The van der Waals surface area contributed by atoms with E-state index in [0.717, 1.165) is 12.8 Å². The first-order valence-corrected chi connectivity index (χ1v) is 2.93. The molecule has 0 atom stereocenters. The fraction of sp³-hybridized carbons (Fsp3) is 0.500. The Labute approximate surface area is 54.7 Å². The van der Waals surface area contributed by atoms with E-state index < -0.39 is 5.91 Å². The van der Waals surface area contributed by atoms with E-state index in [1.54, 1.807) is 6.08 Å². The number of nitrogens with two attached hydrogens (primary N) is 2. The van der Waals surface area contributed by atoms with E-state index in [2.05, 4.69) is 0 Å². The Morgan fingerprint density at radius 1 is 1.56 bits per heavy atom. The van der Waals surface area contributed by atoms with Gasteiger partial charge in [-0.15, -0.1) is 0 Å². The average molecular weight is 128 g/mol. The zero-order chi connectivity index (χ0) is 7.11. The summed E-state index contributed by atoms with van der Waals surface area (Å²) < 4.78 is 0. The van der Waals surface area contributed by atoms with E-state index >= 15 is 0 Å². The highest BCUT2D eigenvalue weighted by Crippen LogP contribution is 1.86. The van der Waals surface area contributed by atoms with Crippen LogP contribution in [0.15, 0.2) is 12.2 Å². The Kier molecular flexibility index (Phi) is 4.82. The van der Waals surface area contributed by atoms with Crippen molar-refractivity contribution in [2.45, 2.75) is 12.8 Å². The first kappa shape index (κ1) is 8.17. The molecule has 0 aliphatic rings. The smallest absolute Gasteiger partial charge is 0.241 e. The van der Waals surface area contributed by atoms with Crippen LogP contribution in [-0.2, 0) is 4.79 Å². The summed E-state index contributed by atoms with van der Waals surface area (Å²) in [5.41, 5.74) is 10.0. The second-order valence-electron chi connectivity index (χ2n) is 1.74. The molecule has 52 valence electrons. The van der Waals surface area contributed by atoms with Crippen molar-refractivity contribution < 1.29 is 4.79 Å². The molecule has 3 heteroatoms. The lowest BCUT2D eigenvalue weighted by Crippen LogP contribution is -2.05. The molecule has 0 unspecified atom stereocenters. The number of carbonyl (C=O) groups excluding carboxylic acids is 1. The minimum absolute atomic E-state index is 0.396. The zero-order valence-corrected chi connectivity index (χ0v) is 5.34. The van der Waals surface area contributed by atoms with Crippen LogP contribution >= 0.6 is 0 Å². The van der Waals surface area contributed by atoms with E-state index in [9.17, 15) is 4.79 Å². The van der Waals surface area contributed by atoms with Gasteiger partial charge in [-0.2, -0.15) is 0 Å². The predicted octanol–water partition coefficient (Wildman–Crippen LogP) is -0.233. The highest BCUT2D eigenvalue weighted by atomic mass is 16.1. The summed E-state index contributed by atoms with van der Waals surface area (Å²) >= 11 is 0. The molecule has 0 aromatic rings. The molecule has 0 rings (SSSR count). The van der Waals surface area contributed by atoms with E-state index in [-0.39, 0.29) is 0 Å². The monoisotopic (exact) mass is 128 g/mol. The van der Waals surface area contributed by atoms with Crippen LogP contribution in [0.4, 0.5) is 0 Å². The van der Waals surface area contributed by atoms with Crippen LogP contribution in [0.25, 0.3) is 0 Å².